The smallest absolute Gasteiger partial charge is 0.360 e. The Labute approximate surface area is 141 Å². The van der Waals surface area contributed by atoms with E-state index in [2.05, 4.69) is 10.3 Å². The van der Waals surface area contributed by atoms with Crippen molar-refractivity contribution >= 4 is 28.5 Å². The van der Waals surface area contributed by atoms with Crippen LogP contribution in [0.1, 0.15) is 28.7 Å². The Kier molecular flexibility index (Phi) is 4.35. The van der Waals surface area contributed by atoms with Crippen molar-refractivity contribution in [2.75, 3.05) is 6.61 Å². The molecule has 0 aliphatic carbocycles. The lowest BCUT2D eigenvalue weighted by Gasteiger charge is -2.07. The second-order valence-corrected chi connectivity index (χ2v) is 5.57. The minimum absolute atomic E-state index is 0.155. The largest absolute Gasteiger partial charge is 0.461 e. The number of carbonyl (C=O) groups excluding carboxylic acids is 1. The molecule has 2 heterocycles. The van der Waals surface area contributed by atoms with Crippen molar-refractivity contribution in [3.8, 4) is 0 Å². The standard InChI is InChI=1S/C16H14ClN3O4/c1-3-23-16(22)15-9(2)20(19-18-15)8-10-6-14(21)24-13-5-4-11(17)7-12(10)13/h4-7H,3,8H2,1-2H3. The first-order chi connectivity index (χ1) is 11.5. The number of ether oxygens (including phenoxy) is 1. The highest BCUT2D eigenvalue weighted by molar-refractivity contribution is 6.31. The number of hydrogen-bond acceptors (Lipinski definition) is 6. The van der Waals surface area contributed by atoms with Crippen LogP contribution in [-0.2, 0) is 11.3 Å². The lowest BCUT2D eigenvalue weighted by Crippen LogP contribution is -2.10. The molecule has 3 rings (SSSR count). The van der Waals surface area contributed by atoms with Gasteiger partial charge in [-0.05, 0) is 37.6 Å². The molecule has 24 heavy (non-hydrogen) atoms. The molecule has 7 nitrogen and oxygen atoms in total. The van der Waals surface area contributed by atoms with Gasteiger partial charge in [0.05, 0.1) is 18.8 Å². The van der Waals surface area contributed by atoms with E-state index in [0.717, 1.165) is 0 Å². The van der Waals surface area contributed by atoms with Gasteiger partial charge < -0.3 is 9.15 Å². The van der Waals surface area contributed by atoms with Crippen LogP contribution in [0.2, 0.25) is 5.02 Å². The van der Waals surface area contributed by atoms with Gasteiger partial charge >= 0.3 is 11.6 Å². The van der Waals surface area contributed by atoms with Gasteiger partial charge in [-0.15, -0.1) is 5.10 Å². The Bertz CT molecular complexity index is 977. The zero-order chi connectivity index (χ0) is 17.3. The van der Waals surface area contributed by atoms with E-state index in [1.54, 1.807) is 32.0 Å². The van der Waals surface area contributed by atoms with Crippen molar-refractivity contribution in [1.29, 1.82) is 0 Å². The van der Waals surface area contributed by atoms with E-state index >= 15 is 0 Å². The third kappa shape index (κ3) is 3.03. The molecule has 8 heteroatoms. The Morgan fingerprint density at radius 2 is 2.17 bits per heavy atom. The molecule has 0 N–H and O–H groups in total. The predicted octanol–water partition coefficient (Wildman–Crippen LogP) is 2.57. The summed E-state index contributed by atoms with van der Waals surface area (Å²) in [5, 5.41) is 9.07. The summed E-state index contributed by atoms with van der Waals surface area (Å²) in [6.07, 6.45) is 0. The molecule has 0 fully saturated rings. The first-order valence-corrected chi connectivity index (χ1v) is 7.67. The molecule has 2 aromatic heterocycles. The maximum atomic E-state index is 11.8. The number of rotatable bonds is 4. The first-order valence-electron chi connectivity index (χ1n) is 7.29. The van der Waals surface area contributed by atoms with Crippen LogP contribution >= 0.6 is 11.6 Å². The number of fused-ring (bicyclic) bond motifs is 1. The molecule has 0 spiro atoms. The topological polar surface area (TPSA) is 87.2 Å². The molecule has 124 valence electrons. The van der Waals surface area contributed by atoms with Gasteiger partial charge in [0.15, 0.2) is 5.69 Å². The van der Waals surface area contributed by atoms with Crippen LogP contribution in [0.15, 0.2) is 33.5 Å². The summed E-state index contributed by atoms with van der Waals surface area (Å²) >= 11 is 6.03. The molecule has 0 aliphatic heterocycles. The van der Waals surface area contributed by atoms with Crippen LogP contribution in [0.5, 0.6) is 0 Å². The highest BCUT2D eigenvalue weighted by atomic mass is 35.5. The van der Waals surface area contributed by atoms with Crippen LogP contribution in [0.4, 0.5) is 0 Å². The summed E-state index contributed by atoms with van der Waals surface area (Å²) in [6, 6.07) is 6.38. The average molecular weight is 348 g/mol. The Morgan fingerprint density at radius 1 is 1.38 bits per heavy atom. The Balaban J connectivity index is 2.03. The van der Waals surface area contributed by atoms with Crippen molar-refractivity contribution in [1.82, 2.24) is 15.0 Å². The Morgan fingerprint density at radius 3 is 2.92 bits per heavy atom. The molecule has 0 amide bonds. The van der Waals surface area contributed by atoms with E-state index in [4.69, 9.17) is 20.8 Å². The third-order valence-corrected chi connectivity index (χ3v) is 3.80. The molecule has 0 atom stereocenters. The van der Waals surface area contributed by atoms with Crippen molar-refractivity contribution in [2.45, 2.75) is 20.4 Å². The predicted molar refractivity (Wildman–Crippen MR) is 87.3 cm³/mol. The molecule has 0 saturated carbocycles. The second kappa shape index (κ2) is 6.45. The SMILES string of the molecule is CCOC(=O)c1nnn(Cc2cc(=O)oc3ccc(Cl)cc23)c1C. The van der Waals surface area contributed by atoms with Gasteiger partial charge in [0, 0.05) is 16.5 Å². The summed E-state index contributed by atoms with van der Waals surface area (Å²) in [7, 11) is 0. The molecule has 0 saturated heterocycles. The fraction of sp³-hybridized carbons (Fsp3) is 0.250. The maximum absolute atomic E-state index is 11.8. The number of halogens is 1. The van der Waals surface area contributed by atoms with E-state index in [1.165, 1.54) is 10.7 Å². The van der Waals surface area contributed by atoms with Crippen LogP contribution in [0.25, 0.3) is 11.0 Å². The maximum Gasteiger partial charge on any atom is 0.360 e. The van der Waals surface area contributed by atoms with E-state index in [-0.39, 0.29) is 18.8 Å². The molecule has 0 unspecified atom stereocenters. The van der Waals surface area contributed by atoms with Gasteiger partial charge in [-0.2, -0.15) is 0 Å². The lowest BCUT2D eigenvalue weighted by atomic mass is 10.1. The van der Waals surface area contributed by atoms with Gasteiger partial charge in [-0.1, -0.05) is 16.8 Å². The fourth-order valence-electron chi connectivity index (χ4n) is 2.39. The second-order valence-electron chi connectivity index (χ2n) is 5.13. The number of hydrogen-bond donors (Lipinski definition) is 0. The summed E-state index contributed by atoms with van der Waals surface area (Å²) in [4.78, 5) is 23.6. The molecule has 0 bridgehead atoms. The highest BCUT2D eigenvalue weighted by Crippen LogP contribution is 2.22. The summed E-state index contributed by atoms with van der Waals surface area (Å²) in [5.41, 5.74) is 1.35. The van der Waals surface area contributed by atoms with Gasteiger partial charge in [0.2, 0.25) is 0 Å². The van der Waals surface area contributed by atoms with Crippen LogP contribution in [-0.4, -0.2) is 27.6 Å². The first kappa shape index (κ1) is 16.2. The minimum Gasteiger partial charge on any atom is -0.461 e. The molecule has 0 radical (unpaired) electrons. The van der Waals surface area contributed by atoms with Crippen LogP contribution < -0.4 is 5.63 Å². The van der Waals surface area contributed by atoms with Gasteiger partial charge in [0.1, 0.15) is 5.58 Å². The highest BCUT2D eigenvalue weighted by Gasteiger charge is 2.18. The van der Waals surface area contributed by atoms with Crippen molar-refractivity contribution < 1.29 is 13.9 Å². The number of aromatic nitrogens is 3. The van der Waals surface area contributed by atoms with Crippen molar-refractivity contribution in [2.24, 2.45) is 0 Å². The zero-order valence-corrected chi connectivity index (χ0v) is 13.8. The number of benzene rings is 1. The monoisotopic (exact) mass is 347 g/mol. The van der Waals surface area contributed by atoms with E-state index < -0.39 is 11.6 Å². The van der Waals surface area contributed by atoms with Gasteiger partial charge in [-0.3, -0.25) is 0 Å². The van der Waals surface area contributed by atoms with Crippen molar-refractivity contribution in [3.05, 3.63) is 56.7 Å². The normalized spacial score (nSPS) is 11.0. The summed E-state index contributed by atoms with van der Waals surface area (Å²) < 4.78 is 11.6. The summed E-state index contributed by atoms with van der Waals surface area (Å²) in [6.45, 7) is 3.94. The number of esters is 1. The van der Waals surface area contributed by atoms with E-state index in [1.807, 2.05) is 0 Å². The molecular formula is C16H14ClN3O4. The molecule has 1 aromatic carbocycles. The summed E-state index contributed by atoms with van der Waals surface area (Å²) in [5.74, 6) is -0.526. The Hall–Kier alpha value is -2.67. The molecule has 3 aromatic rings. The fourth-order valence-corrected chi connectivity index (χ4v) is 2.56. The van der Waals surface area contributed by atoms with Crippen LogP contribution in [0, 0.1) is 6.92 Å². The number of nitrogens with zero attached hydrogens (tertiary/aromatic N) is 3. The quantitative estimate of drug-likeness (QED) is 0.532. The van der Waals surface area contributed by atoms with E-state index in [9.17, 15) is 9.59 Å². The average Bonchev–Trinajstić information content (AvgIpc) is 2.89. The lowest BCUT2D eigenvalue weighted by molar-refractivity contribution is 0.0518. The molecule has 0 aliphatic rings. The van der Waals surface area contributed by atoms with Gasteiger partial charge in [0.25, 0.3) is 0 Å². The molecular weight excluding hydrogens is 334 g/mol. The van der Waals surface area contributed by atoms with Crippen molar-refractivity contribution in [3.63, 3.8) is 0 Å². The number of carbonyl (C=O) groups is 1. The van der Waals surface area contributed by atoms with E-state index in [0.29, 0.717) is 27.2 Å². The zero-order valence-electron chi connectivity index (χ0n) is 13.1. The van der Waals surface area contributed by atoms with Crippen LogP contribution in [0.3, 0.4) is 0 Å². The minimum atomic E-state index is -0.526. The van der Waals surface area contributed by atoms with Gasteiger partial charge in [-0.25, -0.2) is 14.3 Å². The third-order valence-electron chi connectivity index (χ3n) is 3.56.